The summed E-state index contributed by atoms with van der Waals surface area (Å²) in [5.41, 5.74) is 2.55. The Labute approximate surface area is 194 Å². The lowest BCUT2D eigenvalue weighted by molar-refractivity contribution is 0.326. The second-order valence-corrected chi connectivity index (χ2v) is 11.1. The van der Waals surface area contributed by atoms with Gasteiger partial charge in [0.1, 0.15) is 4.83 Å². The molecule has 1 aromatic carbocycles. The van der Waals surface area contributed by atoms with E-state index in [9.17, 15) is 4.79 Å². The van der Waals surface area contributed by atoms with Crippen LogP contribution in [0.25, 0.3) is 10.2 Å². The number of aryl methyl sites for hydroxylation is 2. The monoisotopic (exact) mass is 478 g/mol. The molecule has 30 heavy (non-hydrogen) atoms. The highest BCUT2D eigenvalue weighted by Crippen LogP contribution is 2.37. The van der Waals surface area contributed by atoms with E-state index < -0.39 is 0 Å². The summed E-state index contributed by atoms with van der Waals surface area (Å²) >= 11 is 15.6. The highest BCUT2D eigenvalue weighted by Gasteiger charge is 2.26. The van der Waals surface area contributed by atoms with Crippen LogP contribution < -0.4 is 5.56 Å². The van der Waals surface area contributed by atoms with Gasteiger partial charge < -0.3 is 0 Å². The zero-order valence-electron chi connectivity index (χ0n) is 16.8. The van der Waals surface area contributed by atoms with Gasteiger partial charge in [0.2, 0.25) is 0 Å². The predicted molar refractivity (Wildman–Crippen MR) is 129 cm³/mol. The number of nitrogens with zero attached hydrogens (tertiary/aromatic N) is 2. The number of hydrogen-bond acceptors (Lipinski definition) is 4. The summed E-state index contributed by atoms with van der Waals surface area (Å²) in [6.45, 7) is 0. The van der Waals surface area contributed by atoms with Crippen molar-refractivity contribution in [1.82, 2.24) is 9.55 Å². The number of benzene rings is 1. The fraction of sp³-hybridized carbons (Fsp3) is 0.478. The average Bonchev–Trinajstić information content (AvgIpc) is 3.14. The van der Waals surface area contributed by atoms with Crippen LogP contribution in [-0.4, -0.2) is 9.55 Å². The molecule has 0 saturated heterocycles. The largest absolute Gasteiger partial charge is 0.284 e. The summed E-state index contributed by atoms with van der Waals surface area (Å²) in [7, 11) is 0. The highest BCUT2D eigenvalue weighted by molar-refractivity contribution is 7.98. The molecule has 0 aliphatic heterocycles. The molecule has 0 unspecified atom stereocenters. The Morgan fingerprint density at radius 2 is 1.87 bits per heavy atom. The van der Waals surface area contributed by atoms with Crippen molar-refractivity contribution in [2.45, 2.75) is 74.7 Å². The van der Waals surface area contributed by atoms with Crippen molar-refractivity contribution in [3.63, 3.8) is 0 Å². The van der Waals surface area contributed by atoms with E-state index in [1.54, 1.807) is 23.1 Å². The maximum absolute atomic E-state index is 13.8. The Kier molecular flexibility index (Phi) is 6.16. The molecular formula is C23H24Cl2N2OS2. The van der Waals surface area contributed by atoms with E-state index in [2.05, 4.69) is 0 Å². The molecule has 0 bridgehead atoms. The molecule has 2 aliphatic rings. The minimum atomic E-state index is 0.183. The summed E-state index contributed by atoms with van der Waals surface area (Å²) in [5.74, 6) is 0.715. The van der Waals surface area contributed by atoms with Gasteiger partial charge in [-0.1, -0.05) is 60.3 Å². The summed E-state index contributed by atoms with van der Waals surface area (Å²) in [5, 5.41) is 2.88. The Bertz CT molecular complexity index is 1150. The topological polar surface area (TPSA) is 34.9 Å². The number of thiophene rings is 1. The van der Waals surface area contributed by atoms with Crippen LogP contribution in [0.1, 0.15) is 67.0 Å². The second kappa shape index (κ2) is 8.85. The van der Waals surface area contributed by atoms with Gasteiger partial charge in [-0.05, 0) is 61.8 Å². The smallest absolute Gasteiger partial charge is 0.263 e. The molecule has 5 rings (SSSR count). The molecular weight excluding hydrogens is 455 g/mol. The number of aromatic nitrogens is 2. The Balaban J connectivity index is 1.58. The summed E-state index contributed by atoms with van der Waals surface area (Å²) in [4.78, 5) is 21.1. The fourth-order valence-electron chi connectivity index (χ4n) is 4.74. The first kappa shape index (κ1) is 20.9. The van der Waals surface area contributed by atoms with Crippen molar-refractivity contribution in [2.75, 3.05) is 0 Å². The third-order valence-corrected chi connectivity index (χ3v) is 9.23. The molecule has 2 aromatic heterocycles. The number of fused-ring (bicyclic) bond motifs is 3. The van der Waals surface area contributed by atoms with Gasteiger partial charge in [-0.25, -0.2) is 4.98 Å². The lowest BCUT2D eigenvalue weighted by Gasteiger charge is -2.26. The molecule has 7 heteroatoms. The number of rotatable bonds is 4. The third-order valence-electron chi connectivity index (χ3n) is 6.28. The van der Waals surface area contributed by atoms with Gasteiger partial charge in [0.25, 0.3) is 5.56 Å². The highest BCUT2D eigenvalue weighted by atomic mass is 35.5. The van der Waals surface area contributed by atoms with E-state index in [1.807, 2.05) is 22.8 Å². The standard InChI is InChI=1S/C23H24Cl2N2OS2/c24-17-11-10-14(12-18(17)25)13-29-23-26-21-20(16-8-4-5-9-19(16)30-21)22(28)27(23)15-6-2-1-3-7-15/h10-12,15H,1-9,13H2. The van der Waals surface area contributed by atoms with E-state index in [1.165, 1.54) is 42.5 Å². The van der Waals surface area contributed by atoms with E-state index in [0.29, 0.717) is 15.8 Å². The summed E-state index contributed by atoms with van der Waals surface area (Å²) in [6.07, 6.45) is 10.3. The average molecular weight is 479 g/mol. The molecule has 1 saturated carbocycles. The number of halogens is 2. The molecule has 2 aliphatic carbocycles. The second-order valence-electron chi connectivity index (χ2n) is 8.29. The summed E-state index contributed by atoms with van der Waals surface area (Å²) in [6, 6.07) is 5.99. The van der Waals surface area contributed by atoms with Crippen molar-refractivity contribution in [2.24, 2.45) is 0 Å². The molecule has 0 radical (unpaired) electrons. The first-order valence-electron chi connectivity index (χ1n) is 10.8. The van der Waals surface area contributed by atoms with Gasteiger partial charge in [0, 0.05) is 16.7 Å². The molecule has 2 heterocycles. The quantitative estimate of drug-likeness (QED) is 0.288. The van der Waals surface area contributed by atoms with Crippen LogP contribution in [-0.2, 0) is 18.6 Å². The number of hydrogen-bond donors (Lipinski definition) is 0. The van der Waals surface area contributed by atoms with Crippen LogP contribution in [0.4, 0.5) is 0 Å². The number of thioether (sulfide) groups is 1. The van der Waals surface area contributed by atoms with Crippen molar-refractivity contribution < 1.29 is 0 Å². The van der Waals surface area contributed by atoms with Gasteiger partial charge in [0.15, 0.2) is 5.16 Å². The van der Waals surface area contributed by atoms with Crippen molar-refractivity contribution in [3.05, 3.63) is 54.6 Å². The van der Waals surface area contributed by atoms with E-state index in [-0.39, 0.29) is 11.6 Å². The van der Waals surface area contributed by atoms with Gasteiger partial charge in [-0.2, -0.15) is 0 Å². The van der Waals surface area contributed by atoms with Crippen LogP contribution in [0.3, 0.4) is 0 Å². The Morgan fingerprint density at radius 1 is 1.07 bits per heavy atom. The van der Waals surface area contributed by atoms with Crippen LogP contribution in [0, 0.1) is 0 Å². The van der Waals surface area contributed by atoms with Gasteiger partial charge in [-0.15, -0.1) is 11.3 Å². The van der Waals surface area contributed by atoms with Gasteiger partial charge >= 0.3 is 0 Å². The van der Waals surface area contributed by atoms with Gasteiger partial charge in [-0.3, -0.25) is 9.36 Å². The maximum atomic E-state index is 13.8. The zero-order chi connectivity index (χ0) is 20.7. The Morgan fingerprint density at radius 3 is 2.67 bits per heavy atom. The fourth-order valence-corrected chi connectivity index (χ4v) is 7.37. The van der Waals surface area contributed by atoms with Crippen LogP contribution >= 0.6 is 46.3 Å². The molecule has 0 spiro atoms. The molecule has 3 nitrogen and oxygen atoms in total. The summed E-state index contributed by atoms with van der Waals surface area (Å²) < 4.78 is 2.03. The van der Waals surface area contributed by atoms with E-state index in [4.69, 9.17) is 28.2 Å². The maximum Gasteiger partial charge on any atom is 0.263 e. The van der Waals surface area contributed by atoms with Gasteiger partial charge in [0.05, 0.1) is 15.4 Å². The first-order valence-corrected chi connectivity index (χ1v) is 13.3. The molecule has 1 fully saturated rings. The Hall–Kier alpha value is -1.01. The molecule has 0 amide bonds. The van der Waals surface area contributed by atoms with Crippen molar-refractivity contribution in [1.29, 1.82) is 0 Å². The lowest BCUT2D eigenvalue weighted by atomic mass is 9.94. The predicted octanol–water partition coefficient (Wildman–Crippen LogP) is 7.44. The molecule has 0 atom stereocenters. The minimum Gasteiger partial charge on any atom is -0.284 e. The van der Waals surface area contributed by atoms with Crippen molar-refractivity contribution in [3.8, 4) is 0 Å². The van der Waals surface area contributed by atoms with Crippen LogP contribution in [0.15, 0.2) is 28.2 Å². The third kappa shape index (κ3) is 3.94. The van der Waals surface area contributed by atoms with Crippen LogP contribution in [0.2, 0.25) is 10.0 Å². The van der Waals surface area contributed by atoms with E-state index in [0.717, 1.165) is 46.6 Å². The molecule has 158 valence electrons. The lowest BCUT2D eigenvalue weighted by Crippen LogP contribution is -2.29. The molecule has 3 aromatic rings. The van der Waals surface area contributed by atoms with Crippen molar-refractivity contribution >= 4 is 56.5 Å². The first-order chi connectivity index (χ1) is 14.6. The van der Waals surface area contributed by atoms with Crippen LogP contribution in [0.5, 0.6) is 0 Å². The minimum absolute atomic E-state index is 0.183. The molecule has 0 N–H and O–H groups in total. The zero-order valence-corrected chi connectivity index (χ0v) is 19.9. The normalized spacial score (nSPS) is 17.4. The van der Waals surface area contributed by atoms with E-state index >= 15 is 0 Å². The SMILES string of the molecule is O=c1c2c3c(sc2nc(SCc2ccc(Cl)c(Cl)c2)n1C1CCCCC1)CCCC3.